The molecule has 26 heavy (non-hydrogen) atoms. The van der Waals surface area contributed by atoms with Crippen LogP contribution in [-0.2, 0) is 0 Å². The minimum absolute atomic E-state index is 0.0340. The van der Waals surface area contributed by atoms with E-state index in [-0.39, 0.29) is 5.82 Å². The van der Waals surface area contributed by atoms with Crippen LogP contribution in [0, 0.1) is 36.4 Å². The molecule has 2 fully saturated rings. The highest BCUT2D eigenvalue weighted by molar-refractivity contribution is 6.53. The van der Waals surface area contributed by atoms with E-state index in [4.69, 9.17) is 0 Å². The predicted octanol–water partition coefficient (Wildman–Crippen LogP) is 6.68. The molecule has 0 aromatic heterocycles. The van der Waals surface area contributed by atoms with E-state index in [0.29, 0.717) is 0 Å². The molecule has 2 heteroatoms. The summed E-state index contributed by atoms with van der Waals surface area (Å²) in [5.41, 5.74) is 0.767. The summed E-state index contributed by atoms with van der Waals surface area (Å²) in [6, 6.07) is 7.10. The fourth-order valence-corrected chi connectivity index (χ4v) is 6.63. The Kier molecular flexibility index (Phi) is 7.78. The highest BCUT2D eigenvalue weighted by atomic mass is 28.2. The van der Waals surface area contributed by atoms with Crippen molar-refractivity contribution in [3.63, 3.8) is 0 Å². The van der Waals surface area contributed by atoms with Crippen LogP contribution in [0.3, 0.4) is 0 Å². The van der Waals surface area contributed by atoms with Crippen molar-refractivity contribution in [3.8, 4) is 0 Å². The number of rotatable bonds is 7. The molecule has 0 aliphatic heterocycles. The van der Waals surface area contributed by atoms with Gasteiger partial charge in [-0.3, -0.25) is 0 Å². The highest BCUT2D eigenvalue weighted by Crippen LogP contribution is 2.42. The molecule has 1 aromatic rings. The Labute approximate surface area is 163 Å². The van der Waals surface area contributed by atoms with Crippen molar-refractivity contribution in [2.75, 3.05) is 0 Å². The molecule has 3 rings (SSSR count). The molecule has 0 bridgehead atoms. The Balaban J connectivity index is 1.36. The molecule has 0 unspecified atom stereocenters. The van der Waals surface area contributed by atoms with Gasteiger partial charge in [-0.05, 0) is 67.9 Å². The van der Waals surface area contributed by atoms with Gasteiger partial charge in [0.05, 0.1) is 9.52 Å². The lowest BCUT2D eigenvalue weighted by molar-refractivity contribution is 0.147. The van der Waals surface area contributed by atoms with Crippen molar-refractivity contribution >= 4 is 14.7 Å². The standard InChI is InChI=1S/C24H37FSi/c1-3-4-5-19-7-11-21(12-8-19)22-13-9-20(10-14-22)17-26-23-15-6-18(2)24(25)16-23/h6,15-16,19-22H,3-5,7-14,17H2,1-2H3. The lowest BCUT2D eigenvalue weighted by Gasteiger charge is -2.38. The van der Waals surface area contributed by atoms with E-state index in [1.165, 1.54) is 81.9 Å². The summed E-state index contributed by atoms with van der Waals surface area (Å²) >= 11 is 0. The third-order valence-electron chi connectivity index (χ3n) is 7.18. The number of benzene rings is 1. The number of unbranched alkanes of at least 4 members (excludes halogenated alkanes) is 1. The molecule has 0 atom stereocenters. The smallest absolute Gasteiger partial charge is 0.125 e. The van der Waals surface area contributed by atoms with Gasteiger partial charge >= 0.3 is 0 Å². The Bertz CT molecular complexity index is 539. The monoisotopic (exact) mass is 372 g/mol. The van der Waals surface area contributed by atoms with Gasteiger partial charge in [0.25, 0.3) is 0 Å². The maximum Gasteiger partial charge on any atom is 0.125 e. The number of hydrogen-bond donors (Lipinski definition) is 0. The molecular formula is C24H37FSi. The molecule has 0 nitrogen and oxygen atoms in total. The third kappa shape index (κ3) is 5.68. The van der Waals surface area contributed by atoms with Gasteiger partial charge in [-0.1, -0.05) is 75.2 Å². The maximum atomic E-state index is 13.7. The van der Waals surface area contributed by atoms with Crippen LogP contribution in [-0.4, -0.2) is 9.52 Å². The Morgan fingerprint density at radius 2 is 1.54 bits per heavy atom. The topological polar surface area (TPSA) is 0 Å². The Hall–Kier alpha value is -0.633. The largest absolute Gasteiger partial charge is 0.207 e. The Morgan fingerprint density at radius 1 is 0.923 bits per heavy atom. The maximum absolute atomic E-state index is 13.7. The number of hydrogen-bond acceptors (Lipinski definition) is 0. The highest BCUT2D eigenvalue weighted by Gasteiger charge is 2.30. The first-order valence-corrected chi connectivity index (χ1v) is 12.4. The number of halogens is 1. The van der Waals surface area contributed by atoms with E-state index in [0.717, 1.165) is 38.8 Å². The molecule has 0 amide bonds. The first-order valence-electron chi connectivity index (χ1n) is 11.2. The molecule has 144 valence electrons. The van der Waals surface area contributed by atoms with Gasteiger partial charge in [0.15, 0.2) is 0 Å². The summed E-state index contributed by atoms with van der Waals surface area (Å²) in [7, 11) is 0.783. The summed E-state index contributed by atoms with van der Waals surface area (Å²) in [4.78, 5) is 0. The molecule has 1 aromatic carbocycles. The van der Waals surface area contributed by atoms with E-state index in [9.17, 15) is 4.39 Å². The van der Waals surface area contributed by atoms with Crippen molar-refractivity contribution in [1.82, 2.24) is 0 Å². The van der Waals surface area contributed by atoms with Gasteiger partial charge in [-0.25, -0.2) is 4.39 Å². The van der Waals surface area contributed by atoms with Gasteiger partial charge in [-0.2, -0.15) is 0 Å². The molecule has 2 aliphatic carbocycles. The molecular weight excluding hydrogens is 335 g/mol. The Morgan fingerprint density at radius 3 is 2.12 bits per heavy atom. The van der Waals surface area contributed by atoms with E-state index in [1.807, 2.05) is 13.0 Å². The predicted molar refractivity (Wildman–Crippen MR) is 112 cm³/mol. The normalized spacial score (nSPS) is 29.7. The zero-order valence-electron chi connectivity index (χ0n) is 16.9. The SMILES string of the molecule is CCCCC1CCC(C2CCC(C[Si]c3ccc(C)c(F)c3)CC2)CC1. The average molecular weight is 373 g/mol. The fourth-order valence-electron chi connectivity index (χ4n) is 5.27. The van der Waals surface area contributed by atoms with Crippen molar-refractivity contribution in [3.05, 3.63) is 29.6 Å². The van der Waals surface area contributed by atoms with Crippen LogP contribution in [0.2, 0.25) is 6.04 Å². The summed E-state index contributed by atoms with van der Waals surface area (Å²) < 4.78 is 13.7. The van der Waals surface area contributed by atoms with Crippen molar-refractivity contribution < 1.29 is 4.39 Å². The van der Waals surface area contributed by atoms with Gasteiger partial charge in [0.1, 0.15) is 5.82 Å². The van der Waals surface area contributed by atoms with Crippen LogP contribution in [0.5, 0.6) is 0 Å². The minimum atomic E-state index is -0.0340. The fraction of sp³-hybridized carbons (Fsp3) is 0.750. The van der Waals surface area contributed by atoms with Gasteiger partial charge in [-0.15, -0.1) is 0 Å². The first-order chi connectivity index (χ1) is 12.7. The average Bonchev–Trinajstić information content (AvgIpc) is 2.68. The van der Waals surface area contributed by atoms with E-state index in [1.54, 1.807) is 6.07 Å². The van der Waals surface area contributed by atoms with Crippen molar-refractivity contribution in [2.24, 2.45) is 23.7 Å². The molecule has 2 saturated carbocycles. The summed E-state index contributed by atoms with van der Waals surface area (Å²) in [5.74, 6) is 3.93. The van der Waals surface area contributed by atoms with Gasteiger partial charge < -0.3 is 0 Å². The zero-order valence-corrected chi connectivity index (χ0v) is 17.9. The quantitative estimate of drug-likeness (QED) is 0.468. The van der Waals surface area contributed by atoms with Crippen LogP contribution in [0.4, 0.5) is 4.39 Å². The first kappa shape index (κ1) is 20.1. The van der Waals surface area contributed by atoms with Crippen LogP contribution >= 0.6 is 0 Å². The van der Waals surface area contributed by atoms with E-state index in [2.05, 4.69) is 13.0 Å². The summed E-state index contributed by atoms with van der Waals surface area (Å²) in [5, 5.41) is 1.21. The zero-order chi connectivity index (χ0) is 18.4. The molecule has 0 heterocycles. The summed E-state index contributed by atoms with van der Waals surface area (Å²) in [6.07, 6.45) is 16.1. The van der Waals surface area contributed by atoms with Gasteiger partial charge in [0.2, 0.25) is 0 Å². The van der Waals surface area contributed by atoms with E-state index < -0.39 is 0 Å². The molecule has 0 N–H and O–H groups in total. The second-order valence-electron chi connectivity index (χ2n) is 9.05. The molecule has 0 spiro atoms. The van der Waals surface area contributed by atoms with E-state index >= 15 is 0 Å². The lowest BCUT2D eigenvalue weighted by Crippen LogP contribution is -2.27. The van der Waals surface area contributed by atoms with Crippen molar-refractivity contribution in [1.29, 1.82) is 0 Å². The van der Waals surface area contributed by atoms with Crippen LogP contribution in [0.15, 0.2) is 18.2 Å². The lowest BCUT2D eigenvalue weighted by atomic mass is 9.69. The second kappa shape index (κ2) is 10.1. The minimum Gasteiger partial charge on any atom is -0.207 e. The van der Waals surface area contributed by atoms with Crippen molar-refractivity contribution in [2.45, 2.75) is 90.5 Å². The molecule has 2 aliphatic rings. The molecule has 0 saturated heterocycles. The summed E-state index contributed by atoms with van der Waals surface area (Å²) in [6.45, 7) is 4.17. The third-order valence-corrected chi connectivity index (χ3v) is 8.68. The molecule has 2 radical (unpaired) electrons. The number of aryl methyl sites for hydroxylation is 1. The van der Waals surface area contributed by atoms with Gasteiger partial charge in [0, 0.05) is 0 Å². The van der Waals surface area contributed by atoms with Crippen LogP contribution in [0.1, 0.15) is 83.1 Å². The second-order valence-corrected chi connectivity index (χ2v) is 10.4. The van der Waals surface area contributed by atoms with Crippen LogP contribution < -0.4 is 5.19 Å². The van der Waals surface area contributed by atoms with Crippen LogP contribution in [0.25, 0.3) is 0 Å².